The van der Waals surface area contributed by atoms with Crippen molar-refractivity contribution in [1.82, 2.24) is 19.5 Å². The van der Waals surface area contributed by atoms with E-state index in [2.05, 4.69) is 15.0 Å². The molecule has 11 heteroatoms. The summed E-state index contributed by atoms with van der Waals surface area (Å²) < 4.78 is 17.6. The smallest absolute Gasteiger partial charge is 0.350 e. The number of rotatable bonds is 7. The Kier molecular flexibility index (Phi) is 4.86. The molecular weight excluding hydrogens is 299 g/mol. The Morgan fingerprint density at radius 1 is 1.38 bits per heavy atom. The van der Waals surface area contributed by atoms with Crippen molar-refractivity contribution < 1.29 is 19.1 Å². The molecule has 0 aliphatic heterocycles. The van der Waals surface area contributed by atoms with E-state index in [-0.39, 0.29) is 18.5 Å². The standard InChI is InChI=1S/C10H17N6O4P/c11-2-1-7(3-20-6-21(17,18)19)16-5-15-8-9(12)13-4-14-10(8)16/h4-5,7H,1-3,6,11H2,(H2,12,13,14)(H2,17,18,19). The largest absolute Gasteiger partial charge is 0.382 e. The second-order valence-corrected chi connectivity index (χ2v) is 6.07. The maximum atomic E-state index is 10.8. The molecule has 21 heavy (non-hydrogen) atoms. The number of hydrogen-bond donors (Lipinski definition) is 4. The van der Waals surface area contributed by atoms with Crippen LogP contribution in [0, 0.1) is 0 Å². The Bertz CT molecular complexity index is 656. The van der Waals surface area contributed by atoms with Gasteiger partial charge in [0.25, 0.3) is 0 Å². The van der Waals surface area contributed by atoms with E-state index >= 15 is 0 Å². The molecule has 0 aliphatic carbocycles. The molecule has 0 bridgehead atoms. The third-order valence-electron chi connectivity index (χ3n) is 2.85. The van der Waals surface area contributed by atoms with Gasteiger partial charge in [0, 0.05) is 0 Å². The van der Waals surface area contributed by atoms with E-state index < -0.39 is 13.9 Å². The van der Waals surface area contributed by atoms with Crippen molar-refractivity contribution in [1.29, 1.82) is 0 Å². The summed E-state index contributed by atoms with van der Waals surface area (Å²) in [4.78, 5) is 29.7. The van der Waals surface area contributed by atoms with E-state index in [1.165, 1.54) is 12.7 Å². The highest BCUT2D eigenvalue weighted by atomic mass is 31.2. The van der Waals surface area contributed by atoms with E-state index in [1.54, 1.807) is 4.57 Å². The van der Waals surface area contributed by atoms with Crippen LogP contribution in [0.4, 0.5) is 5.82 Å². The molecule has 2 heterocycles. The van der Waals surface area contributed by atoms with Gasteiger partial charge in [0.1, 0.15) is 18.2 Å². The van der Waals surface area contributed by atoms with Crippen molar-refractivity contribution in [3.63, 3.8) is 0 Å². The fourth-order valence-corrected chi connectivity index (χ4v) is 2.28. The number of fused-ring (bicyclic) bond motifs is 1. The molecule has 116 valence electrons. The molecule has 0 saturated carbocycles. The monoisotopic (exact) mass is 316 g/mol. The fourth-order valence-electron chi connectivity index (χ4n) is 1.94. The Morgan fingerprint density at radius 3 is 2.81 bits per heavy atom. The highest BCUT2D eigenvalue weighted by Crippen LogP contribution is 2.34. The molecule has 0 saturated heterocycles. The Labute approximate surface area is 120 Å². The van der Waals surface area contributed by atoms with E-state index in [9.17, 15) is 4.57 Å². The van der Waals surface area contributed by atoms with Crippen LogP contribution in [0.2, 0.25) is 0 Å². The first-order chi connectivity index (χ1) is 9.92. The maximum absolute atomic E-state index is 10.8. The lowest BCUT2D eigenvalue weighted by Crippen LogP contribution is -2.19. The topological polar surface area (TPSA) is 162 Å². The zero-order chi connectivity index (χ0) is 15.5. The highest BCUT2D eigenvalue weighted by Gasteiger charge is 2.19. The van der Waals surface area contributed by atoms with Crippen LogP contribution in [0.15, 0.2) is 12.7 Å². The zero-order valence-electron chi connectivity index (χ0n) is 11.2. The average molecular weight is 316 g/mol. The van der Waals surface area contributed by atoms with Gasteiger partial charge in [-0.25, -0.2) is 15.0 Å². The lowest BCUT2D eigenvalue weighted by molar-refractivity contribution is 0.122. The Balaban J connectivity index is 2.20. The molecule has 2 rings (SSSR count). The Hall–Kier alpha value is -1.58. The van der Waals surface area contributed by atoms with Crippen molar-refractivity contribution in [2.24, 2.45) is 5.73 Å². The molecule has 2 aromatic heterocycles. The minimum Gasteiger partial charge on any atom is -0.382 e. The summed E-state index contributed by atoms with van der Waals surface area (Å²) >= 11 is 0. The third kappa shape index (κ3) is 3.96. The summed E-state index contributed by atoms with van der Waals surface area (Å²) in [5.41, 5.74) is 12.3. The average Bonchev–Trinajstić information content (AvgIpc) is 2.81. The second-order valence-electron chi connectivity index (χ2n) is 4.48. The Morgan fingerprint density at radius 2 is 2.14 bits per heavy atom. The lowest BCUT2D eigenvalue weighted by Gasteiger charge is -2.18. The minimum atomic E-state index is -4.20. The predicted octanol–water partition coefficient (Wildman–Crippen LogP) is -0.550. The van der Waals surface area contributed by atoms with Gasteiger partial charge < -0.3 is 30.6 Å². The number of imidazole rings is 1. The van der Waals surface area contributed by atoms with Crippen LogP contribution in [0.1, 0.15) is 12.5 Å². The molecular formula is C10H17N6O4P. The summed E-state index contributed by atoms with van der Waals surface area (Å²) in [6.45, 7) is 0.460. The highest BCUT2D eigenvalue weighted by molar-refractivity contribution is 7.51. The van der Waals surface area contributed by atoms with Crippen LogP contribution in [0.25, 0.3) is 11.2 Å². The number of nitrogens with zero attached hydrogens (tertiary/aromatic N) is 4. The molecule has 0 radical (unpaired) electrons. The summed E-state index contributed by atoms with van der Waals surface area (Å²) in [5.74, 6) is 0.265. The van der Waals surface area contributed by atoms with Gasteiger partial charge in [-0.15, -0.1) is 0 Å². The summed E-state index contributed by atoms with van der Waals surface area (Å²) in [6, 6.07) is -0.249. The van der Waals surface area contributed by atoms with Crippen LogP contribution in [-0.4, -0.2) is 48.8 Å². The first-order valence-electron chi connectivity index (χ1n) is 6.17. The molecule has 1 unspecified atom stereocenters. The van der Waals surface area contributed by atoms with Crippen LogP contribution < -0.4 is 11.5 Å². The number of anilines is 1. The van der Waals surface area contributed by atoms with E-state index in [0.29, 0.717) is 24.1 Å². The fraction of sp³-hybridized carbons (Fsp3) is 0.500. The van der Waals surface area contributed by atoms with Crippen molar-refractivity contribution >= 4 is 24.6 Å². The van der Waals surface area contributed by atoms with Crippen molar-refractivity contribution in [3.8, 4) is 0 Å². The molecule has 6 N–H and O–H groups in total. The first-order valence-corrected chi connectivity index (χ1v) is 7.97. The minimum absolute atomic E-state index is 0.0810. The van der Waals surface area contributed by atoms with Crippen LogP contribution >= 0.6 is 7.60 Å². The normalized spacial score (nSPS) is 13.7. The van der Waals surface area contributed by atoms with Gasteiger partial charge in [-0.3, -0.25) is 4.57 Å². The van der Waals surface area contributed by atoms with E-state index in [1.807, 2.05) is 0 Å². The van der Waals surface area contributed by atoms with Gasteiger partial charge in [0.2, 0.25) is 0 Å². The number of hydrogen-bond acceptors (Lipinski definition) is 7. The molecule has 1 atom stereocenters. The SMILES string of the molecule is NCCC(COCP(=O)(O)O)n1cnc2c(N)ncnc21. The zero-order valence-corrected chi connectivity index (χ0v) is 12.1. The van der Waals surface area contributed by atoms with Crippen molar-refractivity contribution in [3.05, 3.63) is 12.7 Å². The molecule has 2 aromatic rings. The summed E-state index contributed by atoms with van der Waals surface area (Å²) in [5, 5.41) is 0. The lowest BCUT2D eigenvalue weighted by atomic mass is 10.2. The van der Waals surface area contributed by atoms with Crippen molar-refractivity contribution in [2.45, 2.75) is 12.5 Å². The van der Waals surface area contributed by atoms with E-state index in [4.69, 9.17) is 26.0 Å². The molecule has 0 fully saturated rings. The summed E-state index contributed by atoms with van der Waals surface area (Å²) in [7, 11) is -4.20. The van der Waals surface area contributed by atoms with Crippen molar-refractivity contribution in [2.75, 3.05) is 25.2 Å². The first kappa shape index (κ1) is 15.8. The molecule has 0 aliphatic rings. The predicted molar refractivity (Wildman–Crippen MR) is 75.3 cm³/mol. The molecule has 0 amide bonds. The van der Waals surface area contributed by atoms with Gasteiger partial charge in [-0.05, 0) is 13.0 Å². The quantitative estimate of drug-likeness (QED) is 0.491. The van der Waals surface area contributed by atoms with Gasteiger partial charge in [-0.2, -0.15) is 0 Å². The molecule has 0 aromatic carbocycles. The van der Waals surface area contributed by atoms with Gasteiger partial charge in [0.05, 0.1) is 19.0 Å². The number of nitrogens with two attached hydrogens (primary N) is 2. The summed E-state index contributed by atoms with van der Waals surface area (Å²) in [6.07, 6.45) is 2.76. The number of nitrogen functional groups attached to an aromatic ring is 1. The van der Waals surface area contributed by atoms with Gasteiger partial charge in [-0.1, -0.05) is 0 Å². The van der Waals surface area contributed by atoms with Crippen LogP contribution in [0.5, 0.6) is 0 Å². The molecule has 10 nitrogen and oxygen atoms in total. The van der Waals surface area contributed by atoms with Crippen LogP contribution in [0.3, 0.4) is 0 Å². The second kappa shape index (κ2) is 6.46. The molecule has 0 spiro atoms. The third-order valence-corrected chi connectivity index (χ3v) is 3.37. The maximum Gasteiger partial charge on any atom is 0.350 e. The number of aromatic nitrogens is 4. The van der Waals surface area contributed by atoms with Gasteiger partial charge >= 0.3 is 7.60 Å². The van der Waals surface area contributed by atoms with Gasteiger partial charge in [0.15, 0.2) is 11.5 Å². The number of ether oxygens (including phenoxy) is 1. The van der Waals surface area contributed by atoms with E-state index in [0.717, 1.165) is 0 Å². The van der Waals surface area contributed by atoms with Crippen LogP contribution in [-0.2, 0) is 9.30 Å².